The molecule has 1 saturated heterocycles. The second-order valence-corrected chi connectivity index (χ2v) is 9.70. The average molecular weight is 480 g/mol. The largest absolute Gasteiger partial charge is 0.495 e. The predicted octanol–water partition coefficient (Wildman–Crippen LogP) is 3.13. The lowest BCUT2D eigenvalue weighted by atomic mass is 10.2. The molecule has 10 nitrogen and oxygen atoms in total. The Balaban J connectivity index is 1.80. The number of carbonyl (C=O) groups excluding carboxylic acids is 2. The van der Waals surface area contributed by atoms with Crippen molar-refractivity contribution in [3.05, 3.63) is 35.6 Å². The molecule has 0 aliphatic carbocycles. The van der Waals surface area contributed by atoms with Gasteiger partial charge in [0, 0.05) is 19.2 Å². The van der Waals surface area contributed by atoms with Gasteiger partial charge in [0.2, 0.25) is 10.0 Å². The zero-order chi connectivity index (χ0) is 24.0. The van der Waals surface area contributed by atoms with Crippen molar-refractivity contribution in [2.75, 3.05) is 25.5 Å². The molecule has 1 aliphatic rings. The van der Waals surface area contributed by atoms with Crippen molar-refractivity contribution in [3.8, 4) is 5.75 Å². The van der Waals surface area contributed by atoms with E-state index in [4.69, 9.17) is 14.0 Å². The zero-order valence-electron chi connectivity index (χ0n) is 19.0. The van der Waals surface area contributed by atoms with E-state index in [0.29, 0.717) is 18.8 Å². The number of ether oxygens (including phenoxy) is 2. The number of esters is 1. The monoisotopic (exact) mass is 479 g/mol. The van der Waals surface area contributed by atoms with Crippen LogP contribution in [0.25, 0.3) is 0 Å². The summed E-state index contributed by atoms with van der Waals surface area (Å²) < 4.78 is 43.6. The zero-order valence-corrected chi connectivity index (χ0v) is 19.8. The van der Waals surface area contributed by atoms with Crippen LogP contribution in [-0.2, 0) is 19.6 Å². The van der Waals surface area contributed by atoms with E-state index in [0.717, 1.165) is 25.7 Å². The Morgan fingerprint density at radius 2 is 1.88 bits per heavy atom. The van der Waals surface area contributed by atoms with E-state index < -0.39 is 28.0 Å². The second-order valence-electron chi connectivity index (χ2n) is 7.80. The first-order chi connectivity index (χ1) is 15.8. The number of carbonyl (C=O) groups is 2. The van der Waals surface area contributed by atoms with Gasteiger partial charge in [-0.1, -0.05) is 24.9 Å². The number of methoxy groups -OCH3 is 1. The molecule has 1 fully saturated rings. The van der Waals surface area contributed by atoms with Crippen molar-refractivity contribution in [2.45, 2.75) is 57.0 Å². The van der Waals surface area contributed by atoms with Crippen LogP contribution in [0, 0.1) is 6.92 Å². The lowest BCUT2D eigenvalue weighted by Crippen LogP contribution is -2.33. The van der Waals surface area contributed by atoms with Crippen LogP contribution in [0.4, 0.5) is 5.82 Å². The lowest BCUT2D eigenvalue weighted by molar-refractivity contribution is -0.124. The van der Waals surface area contributed by atoms with Crippen molar-refractivity contribution in [1.29, 1.82) is 0 Å². The van der Waals surface area contributed by atoms with Crippen LogP contribution < -0.4 is 10.1 Å². The number of sulfonamides is 1. The van der Waals surface area contributed by atoms with E-state index >= 15 is 0 Å². The standard InChI is InChI=1S/C22H29N3O7S/c1-4-17(21(26)23-20-13-15(2)32-24-20)31-22(27)16-9-10-18(30-3)19(14-16)33(28,29)25-11-7-5-6-8-12-25/h9-10,13-14,17H,4-8,11-12H2,1-3H3,(H,23,24,26). The summed E-state index contributed by atoms with van der Waals surface area (Å²) in [5, 5.41) is 6.22. The van der Waals surface area contributed by atoms with Crippen molar-refractivity contribution < 1.29 is 32.0 Å². The third-order valence-corrected chi connectivity index (χ3v) is 7.29. The minimum Gasteiger partial charge on any atom is -0.495 e. The number of aromatic nitrogens is 1. The van der Waals surface area contributed by atoms with Gasteiger partial charge in [0.15, 0.2) is 11.9 Å². The number of benzene rings is 1. The number of hydrogen-bond acceptors (Lipinski definition) is 8. The molecule has 1 aromatic carbocycles. The van der Waals surface area contributed by atoms with Crippen LogP contribution in [0.5, 0.6) is 5.75 Å². The minimum absolute atomic E-state index is 0.00716. The van der Waals surface area contributed by atoms with Gasteiger partial charge in [-0.2, -0.15) is 4.31 Å². The fourth-order valence-corrected chi connectivity index (χ4v) is 5.28. The molecule has 33 heavy (non-hydrogen) atoms. The summed E-state index contributed by atoms with van der Waals surface area (Å²) in [6, 6.07) is 5.61. The molecule has 2 aromatic rings. The summed E-state index contributed by atoms with van der Waals surface area (Å²) in [6.45, 7) is 4.20. The first-order valence-corrected chi connectivity index (χ1v) is 12.3. The third kappa shape index (κ3) is 5.91. The first-order valence-electron chi connectivity index (χ1n) is 10.9. The van der Waals surface area contributed by atoms with E-state index in [9.17, 15) is 18.0 Å². The second kappa shape index (κ2) is 10.8. The van der Waals surface area contributed by atoms with Crippen LogP contribution in [0.3, 0.4) is 0 Å². The summed E-state index contributed by atoms with van der Waals surface area (Å²) in [6.07, 6.45) is 2.63. The van der Waals surface area contributed by atoms with Gasteiger partial charge >= 0.3 is 5.97 Å². The molecule has 1 aromatic heterocycles. The summed E-state index contributed by atoms with van der Waals surface area (Å²) in [5.74, 6) is -0.510. The van der Waals surface area contributed by atoms with Gasteiger partial charge in [-0.3, -0.25) is 4.79 Å². The Hall–Kier alpha value is -2.92. The normalized spacial score (nSPS) is 16.0. The Kier molecular flexibility index (Phi) is 8.09. The van der Waals surface area contributed by atoms with Crippen LogP contribution in [0.1, 0.15) is 55.1 Å². The molecule has 0 saturated carbocycles. The molecule has 11 heteroatoms. The molecule has 1 N–H and O–H groups in total. The SMILES string of the molecule is CCC(OC(=O)c1ccc(OC)c(S(=O)(=O)N2CCCCCC2)c1)C(=O)Nc1cc(C)on1. The molecule has 1 atom stereocenters. The highest BCUT2D eigenvalue weighted by Gasteiger charge is 2.30. The van der Waals surface area contributed by atoms with Crippen LogP contribution in [-0.4, -0.2) is 56.1 Å². The molecular formula is C22H29N3O7S. The Morgan fingerprint density at radius 3 is 2.45 bits per heavy atom. The molecule has 1 unspecified atom stereocenters. The van der Waals surface area contributed by atoms with Crippen molar-refractivity contribution in [3.63, 3.8) is 0 Å². The number of aryl methyl sites for hydroxylation is 1. The number of amides is 1. The molecule has 0 spiro atoms. The molecule has 2 heterocycles. The number of rotatable bonds is 8. The average Bonchev–Trinajstić information content (AvgIpc) is 3.03. The summed E-state index contributed by atoms with van der Waals surface area (Å²) in [4.78, 5) is 25.2. The molecule has 0 radical (unpaired) electrons. The Bertz CT molecular complexity index is 1090. The lowest BCUT2D eigenvalue weighted by Gasteiger charge is -2.22. The fourth-order valence-electron chi connectivity index (χ4n) is 3.58. The number of anilines is 1. The summed E-state index contributed by atoms with van der Waals surface area (Å²) in [7, 11) is -2.50. The first kappa shape index (κ1) is 24.7. The Labute approximate surface area is 193 Å². The maximum Gasteiger partial charge on any atom is 0.338 e. The molecule has 0 bridgehead atoms. The van der Waals surface area contributed by atoms with E-state index in [1.165, 1.54) is 35.7 Å². The highest BCUT2D eigenvalue weighted by atomic mass is 32.2. The summed E-state index contributed by atoms with van der Waals surface area (Å²) >= 11 is 0. The van der Waals surface area contributed by atoms with Crippen LogP contribution >= 0.6 is 0 Å². The highest BCUT2D eigenvalue weighted by molar-refractivity contribution is 7.89. The molecule has 180 valence electrons. The van der Waals surface area contributed by atoms with E-state index in [1.807, 2.05) is 0 Å². The smallest absolute Gasteiger partial charge is 0.338 e. The highest BCUT2D eigenvalue weighted by Crippen LogP contribution is 2.30. The molecular weight excluding hydrogens is 450 g/mol. The van der Waals surface area contributed by atoms with Gasteiger partial charge in [-0.15, -0.1) is 0 Å². The maximum absolute atomic E-state index is 13.3. The Morgan fingerprint density at radius 1 is 1.18 bits per heavy atom. The summed E-state index contributed by atoms with van der Waals surface area (Å²) in [5.41, 5.74) is 0.00716. The van der Waals surface area contributed by atoms with Gasteiger partial charge in [-0.25, -0.2) is 13.2 Å². The molecule has 1 aliphatic heterocycles. The topological polar surface area (TPSA) is 128 Å². The van der Waals surface area contributed by atoms with Gasteiger partial charge < -0.3 is 19.3 Å². The van der Waals surface area contributed by atoms with E-state index in [1.54, 1.807) is 13.8 Å². The maximum atomic E-state index is 13.3. The van der Waals surface area contributed by atoms with Gasteiger partial charge in [-0.05, 0) is 44.4 Å². The van der Waals surface area contributed by atoms with Gasteiger partial charge in [0.1, 0.15) is 16.4 Å². The minimum atomic E-state index is -3.87. The molecule has 1 amide bonds. The van der Waals surface area contributed by atoms with Gasteiger partial charge in [0.25, 0.3) is 5.91 Å². The van der Waals surface area contributed by atoms with Crippen molar-refractivity contribution >= 4 is 27.7 Å². The fraction of sp³-hybridized carbons (Fsp3) is 0.500. The van der Waals surface area contributed by atoms with Gasteiger partial charge in [0.05, 0.1) is 12.7 Å². The van der Waals surface area contributed by atoms with Crippen LogP contribution in [0.2, 0.25) is 0 Å². The number of nitrogens with one attached hydrogen (secondary N) is 1. The van der Waals surface area contributed by atoms with Crippen molar-refractivity contribution in [2.24, 2.45) is 0 Å². The quantitative estimate of drug-likeness (QED) is 0.572. The molecule has 3 rings (SSSR count). The third-order valence-electron chi connectivity index (χ3n) is 5.37. The van der Waals surface area contributed by atoms with Crippen LogP contribution in [0.15, 0.2) is 33.7 Å². The number of hydrogen-bond donors (Lipinski definition) is 1. The van der Waals surface area contributed by atoms with E-state index in [2.05, 4.69) is 10.5 Å². The predicted molar refractivity (Wildman–Crippen MR) is 120 cm³/mol. The number of nitrogens with zero attached hydrogens (tertiary/aromatic N) is 2. The van der Waals surface area contributed by atoms with E-state index in [-0.39, 0.29) is 28.4 Å². The van der Waals surface area contributed by atoms with Crippen molar-refractivity contribution in [1.82, 2.24) is 9.46 Å².